The molecule has 1 amide bonds. The number of ether oxygens (including phenoxy) is 1. The minimum atomic E-state index is -0.532. The summed E-state index contributed by atoms with van der Waals surface area (Å²) in [5.41, 5.74) is 0.0599. The minimum absolute atomic E-state index is 0.0599. The Morgan fingerprint density at radius 1 is 1.52 bits per heavy atom. The summed E-state index contributed by atoms with van der Waals surface area (Å²) in [6.45, 7) is 1.34. The van der Waals surface area contributed by atoms with Crippen LogP contribution < -0.4 is 5.32 Å². The van der Waals surface area contributed by atoms with Gasteiger partial charge in [-0.05, 0) is 24.6 Å². The third-order valence-electron chi connectivity index (χ3n) is 2.86. The number of thioether (sulfide) groups is 1. The summed E-state index contributed by atoms with van der Waals surface area (Å²) in [7, 11) is 1.64. The molecular weight excluding hydrogens is 343 g/mol. The highest BCUT2D eigenvalue weighted by molar-refractivity contribution is 7.99. The predicted molar refractivity (Wildman–Crippen MR) is 87.3 cm³/mol. The van der Waals surface area contributed by atoms with Crippen LogP contribution in [0.25, 0.3) is 0 Å². The van der Waals surface area contributed by atoms with Crippen molar-refractivity contribution in [1.82, 2.24) is 14.8 Å². The predicted octanol–water partition coefficient (Wildman–Crippen LogP) is 2.84. The van der Waals surface area contributed by atoms with Crippen LogP contribution in [0, 0.1) is 5.82 Å². The van der Waals surface area contributed by atoms with E-state index in [0.29, 0.717) is 23.3 Å². The number of carbonyl (C=O) groups excluding carboxylic acids is 1. The van der Waals surface area contributed by atoms with Crippen molar-refractivity contribution in [3.8, 4) is 0 Å². The first-order valence-corrected chi connectivity index (χ1v) is 8.21. The van der Waals surface area contributed by atoms with Crippen LogP contribution in [0.1, 0.15) is 6.42 Å². The molecule has 1 aromatic carbocycles. The second kappa shape index (κ2) is 8.85. The van der Waals surface area contributed by atoms with Crippen molar-refractivity contribution in [2.45, 2.75) is 18.1 Å². The number of hydrogen-bond donors (Lipinski definition) is 1. The van der Waals surface area contributed by atoms with Crippen LogP contribution in [0.2, 0.25) is 5.02 Å². The van der Waals surface area contributed by atoms with E-state index in [9.17, 15) is 9.18 Å². The van der Waals surface area contributed by atoms with Gasteiger partial charge in [0.15, 0.2) is 5.16 Å². The molecule has 1 heterocycles. The number of benzene rings is 1. The molecule has 2 aromatic rings. The second-order valence-corrected chi connectivity index (χ2v) is 5.99. The van der Waals surface area contributed by atoms with E-state index in [4.69, 9.17) is 16.3 Å². The van der Waals surface area contributed by atoms with E-state index in [1.165, 1.54) is 30.0 Å². The third-order valence-corrected chi connectivity index (χ3v) is 4.08. The van der Waals surface area contributed by atoms with E-state index >= 15 is 0 Å². The monoisotopic (exact) mass is 358 g/mol. The van der Waals surface area contributed by atoms with E-state index in [-0.39, 0.29) is 17.3 Å². The van der Waals surface area contributed by atoms with Gasteiger partial charge in [-0.1, -0.05) is 23.4 Å². The van der Waals surface area contributed by atoms with Crippen LogP contribution in [-0.4, -0.2) is 40.1 Å². The number of amides is 1. The Morgan fingerprint density at radius 3 is 3.13 bits per heavy atom. The molecule has 0 radical (unpaired) electrons. The number of nitrogens with zero attached hydrogens (tertiary/aromatic N) is 3. The van der Waals surface area contributed by atoms with Crippen molar-refractivity contribution in [2.24, 2.45) is 0 Å². The first-order chi connectivity index (χ1) is 11.1. The Bertz CT molecular complexity index is 668. The van der Waals surface area contributed by atoms with Crippen LogP contribution >= 0.6 is 23.4 Å². The van der Waals surface area contributed by atoms with Gasteiger partial charge in [0.1, 0.15) is 12.1 Å². The van der Waals surface area contributed by atoms with Crippen molar-refractivity contribution in [1.29, 1.82) is 0 Å². The smallest absolute Gasteiger partial charge is 0.234 e. The average Bonchev–Trinajstić information content (AvgIpc) is 2.97. The van der Waals surface area contributed by atoms with Crippen molar-refractivity contribution in [3.63, 3.8) is 0 Å². The van der Waals surface area contributed by atoms with Gasteiger partial charge in [-0.15, -0.1) is 10.2 Å². The maximum atomic E-state index is 13.6. The van der Waals surface area contributed by atoms with E-state index in [1.54, 1.807) is 13.4 Å². The summed E-state index contributed by atoms with van der Waals surface area (Å²) >= 11 is 7.02. The van der Waals surface area contributed by atoms with Gasteiger partial charge in [-0.2, -0.15) is 0 Å². The molecule has 0 bridgehead atoms. The lowest BCUT2D eigenvalue weighted by atomic mass is 10.3. The lowest BCUT2D eigenvalue weighted by Crippen LogP contribution is -2.15. The molecular formula is C14H16ClFN4O2S. The molecule has 0 aliphatic heterocycles. The van der Waals surface area contributed by atoms with Gasteiger partial charge < -0.3 is 14.6 Å². The van der Waals surface area contributed by atoms with Crippen LogP contribution in [0.4, 0.5) is 10.1 Å². The summed E-state index contributed by atoms with van der Waals surface area (Å²) < 4.78 is 20.4. The fraction of sp³-hybridized carbons (Fsp3) is 0.357. The maximum Gasteiger partial charge on any atom is 0.234 e. The van der Waals surface area contributed by atoms with Crippen molar-refractivity contribution >= 4 is 35.0 Å². The van der Waals surface area contributed by atoms with Gasteiger partial charge in [0, 0.05) is 25.3 Å². The first-order valence-electron chi connectivity index (χ1n) is 6.84. The number of aromatic nitrogens is 3. The zero-order chi connectivity index (χ0) is 16.7. The molecule has 23 heavy (non-hydrogen) atoms. The fourth-order valence-corrected chi connectivity index (χ4v) is 2.71. The van der Waals surface area contributed by atoms with E-state index in [1.807, 2.05) is 4.57 Å². The molecule has 0 unspecified atom stereocenters. The maximum absolute atomic E-state index is 13.6. The molecule has 9 heteroatoms. The van der Waals surface area contributed by atoms with Crippen molar-refractivity contribution in [2.75, 3.05) is 24.8 Å². The van der Waals surface area contributed by atoms with E-state index in [0.717, 1.165) is 6.42 Å². The third kappa shape index (κ3) is 5.49. The molecule has 2 rings (SSSR count). The largest absolute Gasteiger partial charge is 0.385 e. The summed E-state index contributed by atoms with van der Waals surface area (Å²) in [6, 6.07) is 3.99. The van der Waals surface area contributed by atoms with Gasteiger partial charge >= 0.3 is 0 Å². The summed E-state index contributed by atoms with van der Waals surface area (Å²) in [4.78, 5) is 11.9. The van der Waals surface area contributed by atoms with Gasteiger partial charge in [0.25, 0.3) is 0 Å². The molecule has 0 atom stereocenters. The van der Waals surface area contributed by atoms with Gasteiger partial charge in [-0.25, -0.2) is 4.39 Å². The molecule has 124 valence electrons. The number of carbonyl (C=O) groups is 1. The van der Waals surface area contributed by atoms with Gasteiger partial charge in [-0.3, -0.25) is 4.79 Å². The first kappa shape index (κ1) is 17.7. The van der Waals surface area contributed by atoms with E-state index < -0.39 is 5.82 Å². The number of nitrogens with one attached hydrogen (secondary N) is 1. The molecule has 0 aliphatic carbocycles. The summed E-state index contributed by atoms with van der Waals surface area (Å²) in [6.07, 6.45) is 2.43. The number of methoxy groups -OCH3 is 1. The number of rotatable bonds is 8. The Hall–Kier alpha value is -1.64. The molecule has 0 fully saturated rings. The molecule has 1 aromatic heterocycles. The molecule has 0 spiro atoms. The lowest BCUT2D eigenvalue weighted by Gasteiger charge is -2.08. The molecule has 0 aliphatic rings. The van der Waals surface area contributed by atoms with Crippen LogP contribution in [0.15, 0.2) is 29.7 Å². The Balaban J connectivity index is 1.87. The number of aryl methyl sites for hydroxylation is 1. The SMILES string of the molecule is COCCCn1cnnc1SCC(=O)Nc1cc(Cl)ccc1F. The quantitative estimate of drug-likeness (QED) is 0.580. The highest BCUT2D eigenvalue weighted by atomic mass is 35.5. The van der Waals surface area contributed by atoms with Gasteiger partial charge in [0.05, 0.1) is 11.4 Å². The Morgan fingerprint density at radius 2 is 2.35 bits per heavy atom. The Labute approximate surface area is 142 Å². The minimum Gasteiger partial charge on any atom is -0.385 e. The highest BCUT2D eigenvalue weighted by Gasteiger charge is 2.11. The van der Waals surface area contributed by atoms with Gasteiger partial charge in [0.2, 0.25) is 5.91 Å². The fourth-order valence-electron chi connectivity index (χ4n) is 1.80. The summed E-state index contributed by atoms with van der Waals surface area (Å²) in [5.74, 6) is -0.785. The highest BCUT2D eigenvalue weighted by Crippen LogP contribution is 2.21. The van der Waals surface area contributed by atoms with Crippen molar-refractivity contribution in [3.05, 3.63) is 35.4 Å². The molecule has 0 saturated carbocycles. The molecule has 1 N–H and O–H groups in total. The zero-order valence-corrected chi connectivity index (χ0v) is 14.0. The van der Waals surface area contributed by atoms with Crippen LogP contribution in [0.5, 0.6) is 0 Å². The second-order valence-electron chi connectivity index (χ2n) is 4.61. The standard InChI is InChI=1S/C14H16ClFN4O2S/c1-22-6-2-5-20-9-17-19-14(20)23-8-13(21)18-12-7-10(15)3-4-11(12)16/h3-4,7,9H,2,5-6,8H2,1H3,(H,18,21). The number of anilines is 1. The topological polar surface area (TPSA) is 69.0 Å². The number of halogens is 2. The summed E-state index contributed by atoms with van der Waals surface area (Å²) in [5, 5.41) is 11.3. The molecule has 0 saturated heterocycles. The van der Waals surface area contributed by atoms with Crippen LogP contribution in [-0.2, 0) is 16.1 Å². The Kier molecular flexibility index (Phi) is 6.82. The zero-order valence-electron chi connectivity index (χ0n) is 12.5. The molecule has 6 nitrogen and oxygen atoms in total. The average molecular weight is 359 g/mol. The van der Waals surface area contributed by atoms with Crippen molar-refractivity contribution < 1.29 is 13.9 Å². The lowest BCUT2D eigenvalue weighted by molar-refractivity contribution is -0.113. The normalized spacial score (nSPS) is 10.7. The number of hydrogen-bond acceptors (Lipinski definition) is 5. The van der Waals surface area contributed by atoms with E-state index in [2.05, 4.69) is 15.5 Å². The van der Waals surface area contributed by atoms with Crippen LogP contribution in [0.3, 0.4) is 0 Å².